The standard InChI is InChI=1S/C16H23BFNO3/c1-7-19-14(20)13-10(2)8-11(9-12(13)18)17-21-15(3,4)16(5,6)22-17/h8-9H,7H2,1-6H3,(H,19,20). The lowest BCUT2D eigenvalue weighted by atomic mass is 9.77. The van der Waals surface area contributed by atoms with Gasteiger partial charge in [-0.25, -0.2) is 4.39 Å². The molecule has 22 heavy (non-hydrogen) atoms. The van der Waals surface area contributed by atoms with Crippen molar-refractivity contribution in [3.05, 3.63) is 29.1 Å². The molecule has 1 aromatic carbocycles. The monoisotopic (exact) mass is 307 g/mol. The molecule has 1 saturated heterocycles. The molecule has 4 nitrogen and oxygen atoms in total. The number of amides is 1. The summed E-state index contributed by atoms with van der Waals surface area (Å²) in [6.07, 6.45) is 0. The Morgan fingerprint density at radius 1 is 1.23 bits per heavy atom. The van der Waals surface area contributed by atoms with Crippen LogP contribution in [0.4, 0.5) is 4.39 Å². The smallest absolute Gasteiger partial charge is 0.399 e. The molecule has 0 radical (unpaired) electrons. The van der Waals surface area contributed by atoms with Crippen molar-refractivity contribution in [2.75, 3.05) is 6.54 Å². The molecule has 1 heterocycles. The number of aryl methyl sites for hydroxylation is 1. The largest absolute Gasteiger partial charge is 0.494 e. The van der Waals surface area contributed by atoms with Gasteiger partial charge in [0.2, 0.25) is 0 Å². The molecule has 0 aliphatic carbocycles. The van der Waals surface area contributed by atoms with E-state index < -0.39 is 30.0 Å². The highest BCUT2D eigenvalue weighted by molar-refractivity contribution is 6.62. The summed E-state index contributed by atoms with van der Waals surface area (Å²) in [4.78, 5) is 11.9. The number of benzene rings is 1. The highest BCUT2D eigenvalue weighted by atomic mass is 19.1. The molecule has 0 spiro atoms. The topological polar surface area (TPSA) is 47.6 Å². The van der Waals surface area contributed by atoms with Gasteiger partial charge in [0.15, 0.2) is 0 Å². The number of rotatable bonds is 3. The van der Waals surface area contributed by atoms with Crippen LogP contribution in [0.25, 0.3) is 0 Å². The number of hydrogen-bond donors (Lipinski definition) is 1. The highest BCUT2D eigenvalue weighted by Gasteiger charge is 2.51. The van der Waals surface area contributed by atoms with E-state index >= 15 is 0 Å². The number of carbonyl (C=O) groups is 1. The second-order valence-corrected chi connectivity index (χ2v) is 6.64. The molecule has 1 aliphatic rings. The molecule has 2 rings (SSSR count). The van der Waals surface area contributed by atoms with E-state index in [1.165, 1.54) is 6.07 Å². The molecule has 1 amide bonds. The van der Waals surface area contributed by atoms with E-state index in [0.29, 0.717) is 17.6 Å². The quantitative estimate of drug-likeness (QED) is 0.871. The minimum Gasteiger partial charge on any atom is -0.399 e. The summed E-state index contributed by atoms with van der Waals surface area (Å²) in [5.41, 5.74) is 0.250. The normalized spacial score (nSPS) is 19.3. The van der Waals surface area contributed by atoms with Gasteiger partial charge in [0.25, 0.3) is 5.91 Å². The summed E-state index contributed by atoms with van der Waals surface area (Å²) < 4.78 is 26.2. The average molecular weight is 307 g/mol. The van der Waals surface area contributed by atoms with Crippen LogP contribution in [0.1, 0.15) is 50.5 Å². The molecular formula is C16H23BFNO3. The van der Waals surface area contributed by atoms with Crippen molar-refractivity contribution in [1.29, 1.82) is 0 Å². The average Bonchev–Trinajstić information content (AvgIpc) is 2.58. The van der Waals surface area contributed by atoms with Crippen molar-refractivity contribution in [1.82, 2.24) is 5.32 Å². The fourth-order valence-electron chi connectivity index (χ4n) is 2.42. The molecule has 120 valence electrons. The van der Waals surface area contributed by atoms with Crippen molar-refractivity contribution >= 4 is 18.5 Å². The van der Waals surface area contributed by atoms with Gasteiger partial charge in [-0.3, -0.25) is 4.79 Å². The third-order valence-corrected chi connectivity index (χ3v) is 4.40. The number of halogens is 1. The van der Waals surface area contributed by atoms with Gasteiger partial charge in [-0.15, -0.1) is 0 Å². The van der Waals surface area contributed by atoms with Gasteiger partial charge in [0.05, 0.1) is 16.8 Å². The maximum atomic E-state index is 14.4. The van der Waals surface area contributed by atoms with Crippen LogP contribution in [0.5, 0.6) is 0 Å². The predicted octanol–water partition coefficient (Wildman–Crippen LogP) is 2.18. The zero-order chi connectivity index (χ0) is 16.7. The van der Waals surface area contributed by atoms with Gasteiger partial charge in [0, 0.05) is 6.54 Å². The molecule has 1 aromatic rings. The number of hydrogen-bond acceptors (Lipinski definition) is 3. The summed E-state index contributed by atoms with van der Waals surface area (Å²) in [7, 11) is -0.638. The summed E-state index contributed by atoms with van der Waals surface area (Å²) in [5, 5.41) is 2.62. The van der Waals surface area contributed by atoms with E-state index in [1.807, 2.05) is 27.7 Å². The van der Waals surface area contributed by atoms with Crippen molar-refractivity contribution in [3.63, 3.8) is 0 Å². The highest BCUT2D eigenvalue weighted by Crippen LogP contribution is 2.36. The molecule has 0 saturated carbocycles. The second kappa shape index (κ2) is 5.67. The van der Waals surface area contributed by atoms with Crippen LogP contribution >= 0.6 is 0 Å². The Morgan fingerprint density at radius 3 is 2.23 bits per heavy atom. The van der Waals surface area contributed by atoms with Crippen LogP contribution in [0.2, 0.25) is 0 Å². The Balaban J connectivity index is 2.34. The molecule has 1 N–H and O–H groups in total. The number of carbonyl (C=O) groups excluding carboxylic acids is 1. The first-order valence-electron chi connectivity index (χ1n) is 7.53. The Hall–Kier alpha value is -1.40. The van der Waals surface area contributed by atoms with E-state index in [9.17, 15) is 9.18 Å². The first-order chi connectivity index (χ1) is 10.1. The molecule has 1 aliphatic heterocycles. The summed E-state index contributed by atoms with van der Waals surface area (Å²) in [6, 6.07) is 3.07. The molecule has 1 fully saturated rings. The SMILES string of the molecule is CCNC(=O)c1c(C)cc(B2OC(C)(C)C(C)(C)O2)cc1F. The minimum atomic E-state index is -0.638. The van der Waals surface area contributed by atoms with E-state index in [0.717, 1.165) is 0 Å². The third-order valence-electron chi connectivity index (χ3n) is 4.40. The van der Waals surface area contributed by atoms with Gasteiger partial charge in [-0.2, -0.15) is 0 Å². The lowest BCUT2D eigenvalue weighted by molar-refractivity contribution is 0.00578. The number of nitrogens with one attached hydrogen (secondary N) is 1. The van der Waals surface area contributed by atoms with E-state index in [4.69, 9.17) is 9.31 Å². The molecule has 0 bridgehead atoms. The Kier molecular flexibility index (Phi) is 4.37. The van der Waals surface area contributed by atoms with Crippen molar-refractivity contribution in [2.45, 2.75) is 52.7 Å². The van der Waals surface area contributed by atoms with Crippen LogP contribution in [0.3, 0.4) is 0 Å². The minimum absolute atomic E-state index is 0.0714. The maximum Gasteiger partial charge on any atom is 0.494 e. The van der Waals surface area contributed by atoms with Gasteiger partial charge >= 0.3 is 7.12 Å². The van der Waals surface area contributed by atoms with Crippen molar-refractivity contribution in [3.8, 4) is 0 Å². The Bertz CT molecular complexity index is 562. The summed E-state index contributed by atoms with van der Waals surface area (Å²) >= 11 is 0. The van der Waals surface area contributed by atoms with Gasteiger partial charge < -0.3 is 14.6 Å². The van der Waals surface area contributed by atoms with E-state index in [-0.39, 0.29) is 5.56 Å². The Morgan fingerprint density at radius 2 is 1.77 bits per heavy atom. The molecular weight excluding hydrogens is 284 g/mol. The molecule has 0 atom stereocenters. The molecule has 0 aromatic heterocycles. The van der Waals surface area contributed by atoms with Crippen molar-refractivity contribution < 1.29 is 18.5 Å². The fraction of sp³-hybridized carbons (Fsp3) is 0.562. The lowest BCUT2D eigenvalue weighted by Gasteiger charge is -2.32. The third kappa shape index (κ3) is 2.90. The van der Waals surface area contributed by atoms with Crippen LogP contribution in [-0.2, 0) is 9.31 Å². The predicted molar refractivity (Wildman–Crippen MR) is 84.9 cm³/mol. The zero-order valence-electron chi connectivity index (χ0n) is 14.0. The van der Waals surface area contributed by atoms with Crippen LogP contribution in [0, 0.1) is 12.7 Å². The first kappa shape index (κ1) is 17.0. The second-order valence-electron chi connectivity index (χ2n) is 6.64. The van der Waals surface area contributed by atoms with E-state index in [1.54, 1.807) is 19.9 Å². The fourth-order valence-corrected chi connectivity index (χ4v) is 2.42. The summed E-state index contributed by atoms with van der Waals surface area (Å²) in [5.74, 6) is -0.964. The van der Waals surface area contributed by atoms with Gasteiger partial charge in [0.1, 0.15) is 5.82 Å². The van der Waals surface area contributed by atoms with Crippen LogP contribution in [0.15, 0.2) is 12.1 Å². The van der Waals surface area contributed by atoms with Crippen LogP contribution < -0.4 is 10.8 Å². The maximum absolute atomic E-state index is 14.4. The zero-order valence-corrected chi connectivity index (χ0v) is 14.0. The van der Waals surface area contributed by atoms with Gasteiger partial charge in [-0.1, -0.05) is 6.07 Å². The first-order valence-corrected chi connectivity index (χ1v) is 7.53. The van der Waals surface area contributed by atoms with Crippen molar-refractivity contribution in [2.24, 2.45) is 0 Å². The molecule has 0 unspecified atom stereocenters. The van der Waals surface area contributed by atoms with E-state index in [2.05, 4.69) is 5.32 Å². The molecule has 6 heteroatoms. The van der Waals surface area contributed by atoms with Crippen LogP contribution in [-0.4, -0.2) is 30.8 Å². The lowest BCUT2D eigenvalue weighted by Crippen LogP contribution is -2.41. The summed E-state index contributed by atoms with van der Waals surface area (Å²) in [6.45, 7) is 11.7. The van der Waals surface area contributed by atoms with Gasteiger partial charge in [-0.05, 0) is 58.6 Å². The Labute approximate surface area is 131 Å².